The van der Waals surface area contributed by atoms with Crippen LogP contribution in [0.4, 0.5) is 0 Å². The topological polar surface area (TPSA) is 48.4 Å². The number of H-pyrrole nitrogens is 1. The number of aromatic amines is 1. The Bertz CT molecular complexity index is 353. The van der Waals surface area contributed by atoms with Gasteiger partial charge in [0.2, 0.25) is 0 Å². The maximum absolute atomic E-state index is 8.84. The summed E-state index contributed by atoms with van der Waals surface area (Å²) in [6, 6.07) is 5.65. The van der Waals surface area contributed by atoms with Gasteiger partial charge in [-0.05, 0) is 23.6 Å². The lowest BCUT2D eigenvalue weighted by atomic mass is 10.1. The van der Waals surface area contributed by atoms with Crippen molar-refractivity contribution in [3.05, 3.63) is 46.4 Å². The minimum atomic E-state index is 0.575. The van der Waals surface area contributed by atoms with Gasteiger partial charge >= 0.3 is 0 Å². The largest absolute Gasteiger partial charge is 0.410 e. The molecule has 0 spiro atoms. The summed E-state index contributed by atoms with van der Waals surface area (Å²) in [4.78, 5) is 2.99. The van der Waals surface area contributed by atoms with Gasteiger partial charge in [0.25, 0.3) is 0 Å². The zero-order chi connectivity index (χ0) is 9.10. The summed E-state index contributed by atoms with van der Waals surface area (Å²) in [7, 11) is 0. The number of aromatic nitrogens is 1. The summed E-state index contributed by atoms with van der Waals surface area (Å²) in [5.41, 5.74) is 2.32. The number of nitrogens with one attached hydrogen (secondary N) is 1. The molecule has 0 aliphatic rings. The number of hydrogen-bond acceptors (Lipinski definition) is 3. The minimum absolute atomic E-state index is 0.575. The number of hydrogen-bond donors (Lipinski definition) is 2. The lowest BCUT2D eigenvalue weighted by Crippen LogP contribution is -2.01. The van der Waals surface area contributed by atoms with Gasteiger partial charge in [-0.2, -0.15) is 11.3 Å². The van der Waals surface area contributed by atoms with E-state index in [0.29, 0.717) is 5.71 Å². The first-order valence-electron chi connectivity index (χ1n) is 3.80. The van der Waals surface area contributed by atoms with Crippen molar-refractivity contribution in [2.24, 2.45) is 5.16 Å². The summed E-state index contributed by atoms with van der Waals surface area (Å²) in [6.45, 7) is 0. The molecule has 0 saturated carbocycles. The molecular weight excluding hydrogens is 184 g/mol. The molecule has 0 unspecified atom stereocenters. The van der Waals surface area contributed by atoms with Crippen molar-refractivity contribution < 1.29 is 5.21 Å². The summed E-state index contributed by atoms with van der Waals surface area (Å²) in [6.07, 6.45) is 1.80. The monoisotopic (exact) mass is 192 g/mol. The number of thiophene rings is 1. The molecule has 0 amide bonds. The number of rotatable bonds is 2. The van der Waals surface area contributed by atoms with Crippen LogP contribution in [0.15, 0.2) is 40.3 Å². The highest BCUT2D eigenvalue weighted by atomic mass is 32.1. The smallest absolute Gasteiger partial charge is 0.134 e. The van der Waals surface area contributed by atoms with Gasteiger partial charge in [0.1, 0.15) is 5.71 Å². The van der Waals surface area contributed by atoms with Crippen LogP contribution < -0.4 is 0 Å². The third-order valence-corrected chi connectivity index (χ3v) is 2.43. The quantitative estimate of drug-likeness (QED) is 0.428. The van der Waals surface area contributed by atoms with Crippen LogP contribution >= 0.6 is 11.3 Å². The van der Waals surface area contributed by atoms with Crippen LogP contribution in [0.25, 0.3) is 0 Å². The van der Waals surface area contributed by atoms with Gasteiger partial charge in [-0.1, -0.05) is 5.16 Å². The normalized spacial score (nSPS) is 11.8. The van der Waals surface area contributed by atoms with Gasteiger partial charge in [-0.25, -0.2) is 0 Å². The SMILES string of the molecule is O/N=C(/c1ccsc1)c1ccc[nH]1. The van der Waals surface area contributed by atoms with E-state index in [1.807, 2.05) is 29.0 Å². The van der Waals surface area contributed by atoms with Crippen molar-refractivity contribution in [1.29, 1.82) is 0 Å². The maximum atomic E-state index is 8.84. The van der Waals surface area contributed by atoms with E-state index in [4.69, 9.17) is 5.21 Å². The Morgan fingerprint density at radius 2 is 2.38 bits per heavy atom. The Balaban J connectivity index is 2.42. The van der Waals surface area contributed by atoms with E-state index in [2.05, 4.69) is 10.1 Å². The van der Waals surface area contributed by atoms with Gasteiger partial charge in [-0.3, -0.25) is 0 Å². The molecule has 0 aromatic carbocycles. The Kier molecular flexibility index (Phi) is 2.14. The van der Waals surface area contributed by atoms with E-state index >= 15 is 0 Å². The van der Waals surface area contributed by atoms with Gasteiger partial charge in [0, 0.05) is 17.1 Å². The lowest BCUT2D eigenvalue weighted by molar-refractivity contribution is 0.319. The average Bonchev–Trinajstić information content (AvgIpc) is 2.76. The molecule has 0 saturated heterocycles. The predicted molar refractivity (Wildman–Crippen MR) is 52.5 cm³/mol. The Hall–Kier alpha value is -1.55. The molecule has 0 bridgehead atoms. The first-order chi connectivity index (χ1) is 6.42. The molecule has 0 aliphatic carbocycles. The third kappa shape index (κ3) is 1.48. The molecule has 2 N–H and O–H groups in total. The van der Waals surface area contributed by atoms with Crippen LogP contribution in [0.2, 0.25) is 0 Å². The second-order valence-electron chi connectivity index (χ2n) is 2.54. The molecule has 0 radical (unpaired) electrons. The van der Waals surface area contributed by atoms with E-state index in [9.17, 15) is 0 Å². The van der Waals surface area contributed by atoms with Crippen molar-refractivity contribution in [3.63, 3.8) is 0 Å². The van der Waals surface area contributed by atoms with Crippen molar-refractivity contribution in [3.8, 4) is 0 Å². The molecule has 2 aromatic heterocycles. The standard InChI is InChI=1S/C9H8N2OS/c12-11-9(7-3-5-13-6-7)8-2-1-4-10-8/h1-6,10,12H/b11-9-. The Labute approximate surface area is 79.3 Å². The molecule has 0 atom stereocenters. The van der Waals surface area contributed by atoms with Gasteiger partial charge < -0.3 is 10.2 Å². The van der Waals surface area contributed by atoms with Crippen LogP contribution in [0.3, 0.4) is 0 Å². The van der Waals surface area contributed by atoms with Crippen molar-refractivity contribution >= 4 is 17.0 Å². The van der Waals surface area contributed by atoms with E-state index in [1.54, 1.807) is 17.5 Å². The zero-order valence-corrected chi connectivity index (χ0v) is 7.58. The van der Waals surface area contributed by atoms with E-state index in [0.717, 1.165) is 11.3 Å². The predicted octanol–water partition coefficient (Wildman–Crippen LogP) is 2.30. The van der Waals surface area contributed by atoms with Crippen molar-refractivity contribution in [2.75, 3.05) is 0 Å². The zero-order valence-electron chi connectivity index (χ0n) is 6.77. The van der Waals surface area contributed by atoms with E-state index < -0.39 is 0 Å². The fraction of sp³-hybridized carbons (Fsp3) is 0. The molecule has 3 nitrogen and oxygen atoms in total. The highest BCUT2D eigenvalue weighted by molar-refractivity contribution is 7.08. The van der Waals surface area contributed by atoms with Crippen molar-refractivity contribution in [1.82, 2.24) is 4.98 Å². The molecular formula is C9H8N2OS. The Morgan fingerprint density at radius 3 is 2.92 bits per heavy atom. The highest BCUT2D eigenvalue weighted by Gasteiger charge is 2.07. The minimum Gasteiger partial charge on any atom is -0.410 e. The molecule has 4 heteroatoms. The second-order valence-corrected chi connectivity index (χ2v) is 3.32. The molecule has 0 aliphatic heterocycles. The van der Waals surface area contributed by atoms with Crippen LogP contribution in [0, 0.1) is 0 Å². The highest BCUT2D eigenvalue weighted by Crippen LogP contribution is 2.12. The fourth-order valence-corrected chi connectivity index (χ4v) is 1.78. The van der Waals surface area contributed by atoms with Gasteiger partial charge in [-0.15, -0.1) is 0 Å². The van der Waals surface area contributed by atoms with Crippen molar-refractivity contribution in [2.45, 2.75) is 0 Å². The van der Waals surface area contributed by atoms with E-state index in [1.165, 1.54) is 0 Å². The molecule has 2 rings (SSSR count). The molecule has 2 heterocycles. The van der Waals surface area contributed by atoms with Crippen LogP contribution in [-0.2, 0) is 0 Å². The molecule has 66 valence electrons. The summed E-state index contributed by atoms with van der Waals surface area (Å²) >= 11 is 1.57. The average molecular weight is 192 g/mol. The van der Waals surface area contributed by atoms with Gasteiger partial charge in [0.05, 0.1) is 5.69 Å². The Morgan fingerprint density at radius 1 is 1.46 bits per heavy atom. The summed E-state index contributed by atoms with van der Waals surface area (Å²) < 4.78 is 0. The number of nitrogens with zero attached hydrogens (tertiary/aromatic N) is 1. The molecule has 13 heavy (non-hydrogen) atoms. The fourth-order valence-electron chi connectivity index (χ4n) is 1.14. The van der Waals surface area contributed by atoms with Gasteiger partial charge in [0.15, 0.2) is 0 Å². The number of oxime groups is 1. The first-order valence-corrected chi connectivity index (χ1v) is 4.74. The molecule has 2 aromatic rings. The maximum Gasteiger partial charge on any atom is 0.134 e. The first kappa shape index (κ1) is 8.07. The lowest BCUT2D eigenvalue weighted by Gasteiger charge is -1.97. The molecule has 0 fully saturated rings. The summed E-state index contributed by atoms with van der Waals surface area (Å²) in [5, 5.41) is 16.0. The van der Waals surface area contributed by atoms with E-state index in [-0.39, 0.29) is 0 Å². The van der Waals surface area contributed by atoms with Crippen LogP contribution in [-0.4, -0.2) is 15.9 Å². The summed E-state index contributed by atoms with van der Waals surface area (Å²) in [5.74, 6) is 0. The van der Waals surface area contributed by atoms with Crippen LogP contribution in [0.1, 0.15) is 11.3 Å². The second kappa shape index (κ2) is 3.45. The van der Waals surface area contributed by atoms with Crippen LogP contribution in [0.5, 0.6) is 0 Å². The third-order valence-electron chi connectivity index (χ3n) is 1.75.